The minimum absolute atomic E-state index is 0.00598. The molecule has 0 spiro atoms. The number of aryl methyl sites for hydroxylation is 1. The Morgan fingerprint density at radius 3 is 2.61 bits per heavy atom. The van der Waals surface area contributed by atoms with Crippen LogP contribution in [-0.2, 0) is 27.3 Å². The monoisotopic (exact) mass is 511 g/mol. The molecule has 1 aliphatic heterocycles. The van der Waals surface area contributed by atoms with Crippen LogP contribution in [0.4, 0.5) is 0 Å². The minimum Gasteiger partial charge on any atom is -0.376 e. The van der Waals surface area contributed by atoms with Crippen LogP contribution in [0.1, 0.15) is 35.6 Å². The van der Waals surface area contributed by atoms with E-state index in [9.17, 15) is 9.59 Å². The molecule has 0 bridgehead atoms. The molecule has 3 aromatic carbocycles. The lowest BCUT2D eigenvalue weighted by atomic mass is 9.98. The Morgan fingerprint density at radius 1 is 1.05 bits per heavy atom. The summed E-state index contributed by atoms with van der Waals surface area (Å²) >= 11 is 0. The summed E-state index contributed by atoms with van der Waals surface area (Å²) in [4.78, 5) is 29.5. The van der Waals surface area contributed by atoms with Crippen molar-refractivity contribution in [1.82, 2.24) is 25.2 Å². The number of ether oxygens (including phenoxy) is 1. The summed E-state index contributed by atoms with van der Waals surface area (Å²) in [6.45, 7) is 3.48. The van der Waals surface area contributed by atoms with Crippen LogP contribution in [0.3, 0.4) is 0 Å². The van der Waals surface area contributed by atoms with Gasteiger partial charge < -0.3 is 15.0 Å². The molecular formula is C30H33N5O3. The van der Waals surface area contributed by atoms with Crippen molar-refractivity contribution in [3.8, 4) is 0 Å². The highest BCUT2D eigenvalue weighted by Crippen LogP contribution is 2.26. The topological polar surface area (TPSA) is 89.4 Å². The van der Waals surface area contributed by atoms with Gasteiger partial charge in [0.15, 0.2) is 0 Å². The van der Waals surface area contributed by atoms with Gasteiger partial charge in [-0.15, -0.1) is 5.10 Å². The molecule has 1 aliphatic rings. The number of nitrogens with zero attached hydrogens (tertiary/aromatic N) is 4. The molecule has 2 atom stereocenters. The maximum atomic E-state index is 14.0. The van der Waals surface area contributed by atoms with Crippen molar-refractivity contribution in [2.24, 2.45) is 0 Å². The minimum atomic E-state index is -0.788. The van der Waals surface area contributed by atoms with Gasteiger partial charge in [0, 0.05) is 19.7 Å². The molecule has 8 heteroatoms. The molecular weight excluding hydrogens is 478 g/mol. The molecule has 0 radical (unpaired) electrons. The van der Waals surface area contributed by atoms with Gasteiger partial charge in [0.1, 0.15) is 18.1 Å². The molecule has 5 rings (SSSR count). The molecule has 1 N–H and O–H groups in total. The zero-order chi connectivity index (χ0) is 26.3. The van der Waals surface area contributed by atoms with E-state index in [1.165, 1.54) is 0 Å². The van der Waals surface area contributed by atoms with Gasteiger partial charge >= 0.3 is 0 Å². The second-order valence-corrected chi connectivity index (χ2v) is 9.70. The number of aromatic nitrogens is 3. The van der Waals surface area contributed by atoms with Crippen molar-refractivity contribution in [3.05, 3.63) is 95.6 Å². The third-order valence-electron chi connectivity index (χ3n) is 7.08. The highest BCUT2D eigenvalue weighted by atomic mass is 16.5. The number of hydrogen-bond donors (Lipinski definition) is 1. The summed E-state index contributed by atoms with van der Waals surface area (Å²) in [7, 11) is 0. The highest BCUT2D eigenvalue weighted by Gasteiger charge is 2.33. The van der Waals surface area contributed by atoms with Gasteiger partial charge in [0.2, 0.25) is 11.8 Å². The summed E-state index contributed by atoms with van der Waals surface area (Å²) in [5.41, 5.74) is 4.36. The zero-order valence-corrected chi connectivity index (χ0v) is 21.6. The number of amides is 2. The number of carbonyl (C=O) groups is 2. The van der Waals surface area contributed by atoms with E-state index in [2.05, 4.69) is 15.6 Å². The summed E-state index contributed by atoms with van der Waals surface area (Å²) in [5.74, 6) is -0.406. The van der Waals surface area contributed by atoms with Crippen molar-refractivity contribution in [2.45, 2.75) is 44.9 Å². The van der Waals surface area contributed by atoms with Crippen LogP contribution in [0.5, 0.6) is 0 Å². The number of para-hydroxylation sites is 1. The summed E-state index contributed by atoms with van der Waals surface area (Å²) in [6, 6.07) is 24.5. The van der Waals surface area contributed by atoms with E-state index in [0.29, 0.717) is 19.5 Å². The quantitative estimate of drug-likeness (QED) is 0.349. The maximum absolute atomic E-state index is 14.0. The first-order chi connectivity index (χ1) is 18.6. The van der Waals surface area contributed by atoms with Crippen molar-refractivity contribution >= 4 is 22.8 Å². The molecule has 8 nitrogen and oxygen atoms in total. The highest BCUT2D eigenvalue weighted by molar-refractivity contribution is 5.89. The van der Waals surface area contributed by atoms with Gasteiger partial charge in [0.25, 0.3) is 0 Å². The summed E-state index contributed by atoms with van der Waals surface area (Å²) in [6.07, 6.45) is 2.54. The van der Waals surface area contributed by atoms with Gasteiger partial charge in [-0.05, 0) is 55.0 Å². The van der Waals surface area contributed by atoms with E-state index in [0.717, 1.165) is 47.2 Å². The number of fused-ring (bicyclic) bond motifs is 1. The van der Waals surface area contributed by atoms with E-state index >= 15 is 0 Å². The second-order valence-electron chi connectivity index (χ2n) is 9.70. The van der Waals surface area contributed by atoms with E-state index < -0.39 is 6.04 Å². The van der Waals surface area contributed by atoms with E-state index in [-0.39, 0.29) is 24.5 Å². The van der Waals surface area contributed by atoms with Crippen molar-refractivity contribution in [3.63, 3.8) is 0 Å². The van der Waals surface area contributed by atoms with Gasteiger partial charge in [-0.1, -0.05) is 71.9 Å². The lowest BCUT2D eigenvalue weighted by molar-refractivity contribution is -0.141. The van der Waals surface area contributed by atoms with Crippen LogP contribution in [0.15, 0.2) is 78.9 Å². The average Bonchev–Trinajstić information content (AvgIpc) is 3.61. The third kappa shape index (κ3) is 5.92. The predicted molar refractivity (Wildman–Crippen MR) is 145 cm³/mol. The van der Waals surface area contributed by atoms with E-state index in [1.807, 2.05) is 85.8 Å². The molecule has 1 saturated heterocycles. The van der Waals surface area contributed by atoms with Crippen LogP contribution in [0.2, 0.25) is 0 Å². The molecule has 4 aromatic rings. The Morgan fingerprint density at radius 2 is 1.82 bits per heavy atom. The van der Waals surface area contributed by atoms with Gasteiger partial charge in [-0.3, -0.25) is 9.59 Å². The normalized spacial score (nSPS) is 15.9. The molecule has 0 aliphatic carbocycles. The maximum Gasteiger partial charge on any atom is 0.247 e. The Labute approximate surface area is 222 Å². The molecule has 2 unspecified atom stereocenters. The van der Waals surface area contributed by atoms with Gasteiger partial charge in [-0.2, -0.15) is 0 Å². The number of carbonyl (C=O) groups excluding carboxylic acids is 2. The van der Waals surface area contributed by atoms with Crippen molar-refractivity contribution in [2.75, 3.05) is 19.7 Å². The lowest BCUT2D eigenvalue weighted by Crippen LogP contribution is -2.47. The number of nitrogens with one attached hydrogen (secondary N) is 1. The van der Waals surface area contributed by atoms with E-state index in [4.69, 9.17) is 4.74 Å². The van der Waals surface area contributed by atoms with Crippen LogP contribution in [0.25, 0.3) is 11.0 Å². The van der Waals surface area contributed by atoms with Crippen molar-refractivity contribution < 1.29 is 14.3 Å². The fourth-order valence-electron chi connectivity index (χ4n) is 5.01. The Kier molecular flexibility index (Phi) is 8.09. The average molecular weight is 512 g/mol. The van der Waals surface area contributed by atoms with E-state index in [1.54, 1.807) is 9.58 Å². The summed E-state index contributed by atoms with van der Waals surface area (Å²) < 4.78 is 7.33. The summed E-state index contributed by atoms with van der Waals surface area (Å²) in [5, 5.41) is 11.5. The first kappa shape index (κ1) is 25.6. The molecule has 2 heterocycles. The standard InChI is InChI=1S/C30H33N5O3/c1-22-10-5-6-14-25(22)29(30(37)31-20-24-13-9-19-38-24)34(18-17-23-11-3-2-4-12-23)28(36)21-35-27-16-8-7-15-26(27)32-33-35/h2-8,10-12,14-16,24,29H,9,13,17-21H2,1H3,(H,31,37). The Hall–Kier alpha value is -4.04. The first-order valence-electron chi connectivity index (χ1n) is 13.2. The van der Waals surface area contributed by atoms with Crippen LogP contribution >= 0.6 is 0 Å². The molecule has 1 aromatic heterocycles. The molecule has 196 valence electrons. The van der Waals surface area contributed by atoms with Crippen LogP contribution in [0, 0.1) is 6.92 Å². The third-order valence-corrected chi connectivity index (χ3v) is 7.08. The largest absolute Gasteiger partial charge is 0.376 e. The smallest absolute Gasteiger partial charge is 0.247 e. The number of benzene rings is 3. The predicted octanol–water partition coefficient (Wildman–Crippen LogP) is 3.85. The zero-order valence-electron chi connectivity index (χ0n) is 21.6. The molecule has 1 fully saturated rings. The van der Waals surface area contributed by atoms with Crippen molar-refractivity contribution in [1.29, 1.82) is 0 Å². The van der Waals surface area contributed by atoms with Crippen LogP contribution < -0.4 is 5.32 Å². The van der Waals surface area contributed by atoms with Crippen LogP contribution in [-0.4, -0.2) is 57.5 Å². The molecule has 38 heavy (non-hydrogen) atoms. The molecule has 0 saturated carbocycles. The molecule has 2 amide bonds. The number of hydrogen-bond acceptors (Lipinski definition) is 5. The second kappa shape index (κ2) is 12.0. The Balaban J connectivity index is 1.47. The SMILES string of the molecule is Cc1ccccc1C(C(=O)NCC1CCCO1)N(CCc1ccccc1)C(=O)Cn1nnc2ccccc21. The fourth-order valence-corrected chi connectivity index (χ4v) is 5.01. The lowest BCUT2D eigenvalue weighted by Gasteiger charge is -2.32. The Bertz CT molecular complexity index is 1380. The van der Waals surface area contributed by atoms with Gasteiger partial charge in [0.05, 0.1) is 11.6 Å². The first-order valence-corrected chi connectivity index (χ1v) is 13.2. The number of rotatable bonds is 10. The van der Waals surface area contributed by atoms with Gasteiger partial charge in [-0.25, -0.2) is 4.68 Å². The fraction of sp³-hybridized carbons (Fsp3) is 0.333.